The van der Waals surface area contributed by atoms with Crippen molar-refractivity contribution in [3.63, 3.8) is 0 Å². The molecule has 0 saturated carbocycles. The third-order valence-corrected chi connectivity index (χ3v) is 2.33. The van der Waals surface area contributed by atoms with Crippen LogP contribution in [0.1, 0.15) is 16.2 Å². The average Bonchev–Trinajstić information content (AvgIpc) is 2.69. The number of aryl methyl sites for hydroxylation is 1. The highest BCUT2D eigenvalue weighted by molar-refractivity contribution is 6.17. The normalized spacial score (nSPS) is 10.6. The van der Waals surface area contributed by atoms with Gasteiger partial charge in [-0.1, -0.05) is 0 Å². The highest BCUT2D eigenvalue weighted by Gasteiger charge is 2.09. The average molecular weight is 240 g/mol. The Labute approximate surface area is 96.8 Å². The fraction of sp³-hybridized carbons (Fsp3) is 0.300. The van der Waals surface area contributed by atoms with E-state index in [1.807, 2.05) is 0 Å². The molecule has 0 bridgehead atoms. The van der Waals surface area contributed by atoms with Gasteiger partial charge in [0.25, 0.3) is 0 Å². The smallest absolute Gasteiger partial charge is 0.339 e. The molecule has 2 aromatic rings. The molecule has 2 heterocycles. The Morgan fingerprint density at radius 3 is 3.12 bits per heavy atom. The molecule has 0 aliphatic carbocycles. The Morgan fingerprint density at radius 2 is 2.44 bits per heavy atom. The molecular weight excluding hydrogens is 230 g/mol. The van der Waals surface area contributed by atoms with Gasteiger partial charge in [0, 0.05) is 18.5 Å². The zero-order chi connectivity index (χ0) is 11.5. The highest BCUT2D eigenvalue weighted by atomic mass is 35.5. The van der Waals surface area contributed by atoms with Crippen LogP contribution in [0.3, 0.4) is 0 Å². The second-order valence-corrected chi connectivity index (χ2v) is 3.59. The topological polar surface area (TPSA) is 67.9 Å². The molecule has 0 amide bonds. The maximum atomic E-state index is 11.3. The van der Waals surface area contributed by atoms with Crippen LogP contribution < -0.4 is 0 Å². The number of methoxy groups -OCH3 is 1. The van der Waals surface area contributed by atoms with Crippen molar-refractivity contribution in [2.24, 2.45) is 0 Å². The number of aromatic nitrogens is 3. The standard InChI is InChI=1S/C10H10ClN3O2/c1-16-10(15)6-4-7-9(12-5-6)14-8(13-7)2-3-11/h4-5H,2-3H2,1H3,(H,12,13,14). The van der Waals surface area contributed by atoms with Gasteiger partial charge >= 0.3 is 5.97 Å². The number of aromatic amines is 1. The van der Waals surface area contributed by atoms with Crippen LogP contribution in [0.15, 0.2) is 12.3 Å². The summed E-state index contributed by atoms with van der Waals surface area (Å²) in [6.07, 6.45) is 2.09. The molecule has 0 saturated heterocycles. The van der Waals surface area contributed by atoms with Crippen molar-refractivity contribution in [2.75, 3.05) is 13.0 Å². The van der Waals surface area contributed by atoms with Gasteiger partial charge in [0.15, 0.2) is 5.65 Å². The number of fused-ring (bicyclic) bond motifs is 1. The van der Waals surface area contributed by atoms with E-state index >= 15 is 0 Å². The fourth-order valence-electron chi connectivity index (χ4n) is 1.39. The number of imidazole rings is 1. The first kappa shape index (κ1) is 10.9. The molecule has 84 valence electrons. The number of carbonyl (C=O) groups excluding carboxylic acids is 1. The number of esters is 1. The molecule has 5 nitrogen and oxygen atoms in total. The predicted octanol–water partition coefficient (Wildman–Crippen LogP) is 1.53. The SMILES string of the molecule is COC(=O)c1cnc2nc(CCCl)[nH]c2c1. The van der Waals surface area contributed by atoms with Crippen molar-refractivity contribution >= 4 is 28.7 Å². The van der Waals surface area contributed by atoms with Gasteiger partial charge in [0.05, 0.1) is 18.2 Å². The molecule has 16 heavy (non-hydrogen) atoms. The summed E-state index contributed by atoms with van der Waals surface area (Å²) in [4.78, 5) is 22.6. The second kappa shape index (κ2) is 4.49. The van der Waals surface area contributed by atoms with E-state index in [1.165, 1.54) is 13.3 Å². The number of nitrogens with zero attached hydrogens (tertiary/aromatic N) is 2. The van der Waals surface area contributed by atoms with Gasteiger partial charge < -0.3 is 9.72 Å². The van der Waals surface area contributed by atoms with E-state index in [1.54, 1.807) is 6.07 Å². The van der Waals surface area contributed by atoms with Gasteiger partial charge in [-0.15, -0.1) is 11.6 Å². The van der Waals surface area contributed by atoms with E-state index in [0.717, 1.165) is 5.82 Å². The molecule has 0 unspecified atom stereocenters. The Hall–Kier alpha value is -1.62. The first-order valence-electron chi connectivity index (χ1n) is 4.73. The molecule has 0 atom stereocenters. The van der Waals surface area contributed by atoms with Crippen LogP contribution in [-0.4, -0.2) is 33.9 Å². The molecule has 2 rings (SSSR count). The third-order valence-electron chi connectivity index (χ3n) is 2.14. The number of halogens is 1. The zero-order valence-electron chi connectivity index (χ0n) is 8.66. The molecule has 2 aromatic heterocycles. The Balaban J connectivity index is 2.41. The third kappa shape index (κ3) is 1.99. The summed E-state index contributed by atoms with van der Waals surface area (Å²) < 4.78 is 4.61. The number of pyridine rings is 1. The summed E-state index contributed by atoms with van der Waals surface area (Å²) in [7, 11) is 1.33. The molecule has 0 spiro atoms. The minimum Gasteiger partial charge on any atom is -0.465 e. The van der Waals surface area contributed by atoms with Crippen molar-refractivity contribution in [2.45, 2.75) is 6.42 Å². The maximum absolute atomic E-state index is 11.3. The van der Waals surface area contributed by atoms with Crippen LogP contribution in [0.5, 0.6) is 0 Å². The largest absolute Gasteiger partial charge is 0.465 e. The molecule has 0 radical (unpaired) electrons. The van der Waals surface area contributed by atoms with Crippen LogP contribution >= 0.6 is 11.6 Å². The summed E-state index contributed by atoms with van der Waals surface area (Å²) >= 11 is 5.61. The molecule has 1 N–H and O–H groups in total. The second-order valence-electron chi connectivity index (χ2n) is 3.21. The van der Waals surface area contributed by atoms with Crippen molar-refractivity contribution in [1.82, 2.24) is 15.0 Å². The van der Waals surface area contributed by atoms with Gasteiger partial charge in [0.2, 0.25) is 0 Å². The molecular formula is C10H10ClN3O2. The van der Waals surface area contributed by atoms with Crippen molar-refractivity contribution < 1.29 is 9.53 Å². The first-order chi connectivity index (χ1) is 7.74. The predicted molar refractivity (Wildman–Crippen MR) is 59.7 cm³/mol. The minimum atomic E-state index is -0.414. The van der Waals surface area contributed by atoms with Crippen molar-refractivity contribution in [3.8, 4) is 0 Å². The monoisotopic (exact) mass is 239 g/mol. The van der Waals surface area contributed by atoms with Gasteiger partial charge in [-0.2, -0.15) is 0 Å². The van der Waals surface area contributed by atoms with Crippen molar-refractivity contribution in [3.05, 3.63) is 23.7 Å². The lowest BCUT2D eigenvalue weighted by molar-refractivity contribution is 0.0600. The fourth-order valence-corrected chi connectivity index (χ4v) is 1.57. The highest BCUT2D eigenvalue weighted by Crippen LogP contribution is 2.12. The van der Waals surface area contributed by atoms with Crippen LogP contribution in [0, 0.1) is 0 Å². The number of carbonyl (C=O) groups is 1. The van der Waals surface area contributed by atoms with Crippen LogP contribution in [-0.2, 0) is 11.2 Å². The lowest BCUT2D eigenvalue weighted by atomic mass is 10.3. The van der Waals surface area contributed by atoms with E-state index in [9.17, 15) is 4.79 Å². The first-order valence-corrected chi connectivity index (χ1v) is 5.27. The van der Waals surface area contributed by atoms with E-state index in [2.05, 4.69) is 19.7 Å². The molecule has 0 aliphatic heterocycles. The van der Waals surface area contributed by atoms with Crippen LogP contribution in [0.4, 0.5) is 0 Å². The Kier molecular flexibility index (Phi) is 3.05. The molecule has 6 heteroatoms. The Morgan fingerprint density at radius 1 is 1.62 bits per heavy atom. The summed E-state index contributed by atoms with van der Waals surface area (Å²) in [6.45, 7) is 0. The lowest BCUT2D eigenvalue weighted by Crippen LogP contribution is -2.01. The van der Waals surface area contributed by atoms with E-state index < -0.39 is 5.97 Å². The summed E-state index contributed by atoms with van der Waals surface area (Å²) in [5.74, 6) is 0.839. The molecule has 0 aromatic carbocycles. The quantitative estimate of drug-likeness (QED) is 0.652. The number of ether oxygens (including phenoxy) is 1. The number of hydrogen-bond donors (Lipinski definition) is 1. The van der Waals surface area contributed by atoms with E-state index in [0.29, 0.717) is 29.0 Å². The van der Waals surface area contributed by atoms with Crippen molar-refractivity contribution in [1.29, 1.82) is 0 Å². The number of H-pyrrole nitrogens is 1. The van der Waals surface area contributed by atoms with Gasteiger partial charge in [-0.3, -0.25) is 0 Å². The summed E-state index contributed by atoms with van der Waals surface area (Å²) in [5.41, 5.74) is 1.69. The number of hydrogen-bond acceptors (Lipinski definition) is 4. The van der Waals surface area contributed by atoms with Gasteiger partial charge in [-0.05, 0) is 6.07 Å². The Bertz CT molecular complexity index is 524. The number of rotatable bonds is 3. The maximum Gasteiger partial charge on any atom is 0.339 e. The zero-order valence-corrected chi connectivity index (χ0v) is 9.41. The summed E-state index contributed by atoms with van der Waals surface area (Å²) in [6, 6.07) is 1.67. The van der Waals surface area contributed by atoms with Crippen LogP contribution in [0.25, 0.3) is 11.2 Å². The van der Waals surface area contributed by atoms with Gasteiger partial charge in [0.1, 0.15) is 5.82 Å². The lowest BCUT2D eigenvalue weighted by Gasteiger charge is -1.96. The molecule has 0 fully saturated rings. The molecule has 0 aliphatic rings. The summed E-state index contributed by atoms with van der Waals surface area (Å²) in [5, 5.41) is 0. The van der Waals surface area contributed by atoms with E-state index in [4.69, 9.17) is 11.6 Å². The van der Waals surface area contributed by atoms with E-state index in [-0.39, 0.29) is 0 Å². The minimum absolute atomic E-state index is 0.399. The van der Waals surface area contributed by atoms with Crippen LogP contribution in [0.2, 0.25) is 0 Å². The van der Waals surface area contributed by atoms with Gasteiger partial charge in [-0.25, -0.2) is 14.8 Å². The number of nitrogens with one attached hydrogen (secondary N) is 1. The number of alkyl halides is 1.